The molecule has 0 amide bonds. The maximum Gasteiger partial charge on any atom is 0.324 e. The third kappa shape index (κ3) is 3.37. The molecule has 0 saturated heterocycles. The van der Waals surface area contributed by atoms with Crippen molar-refractivity contribution >= 4 is 21.7 Å². The van der Waals surface area contributed by atoms with Gasteiger partial charge in [-0.15, -0.1) is 0 Å². The van der Waals surface area contributed by atoms with E-state index >= 15 is 0 Å². The zero-order chi connectivity index (χ0) is 17.4. The van der Waals surface area contributed by atoms with Crippen molar-refractivity contribution in [2.24, 2.45) is 0 Å². The second kappa shape index (κ2) is 6.04. The zero-order valence-electron chi connectivity index (χ0n) is 13.4. The smallest absolute Gasteiger partial charge is 0.324 e. The number of carboxylic acid groups (broad SMARTS) is 1. The van der Waals surface area contributed by atoms with E-state index in [0.29, 0.717) is 17.1 Å². The van der Waals surface area contributed by atoms with E-state index in [2.05, 4.69) is 10.2 Å². The lowest BCUT2D eigenvalue weighted by molar-refractivity contribution is -0.135. The number of hydrogen-bond donors (Lipinski definition) is 2. The predicted molar refractivity (Wildman–Crippen MR) is 86.1 cm³/mol. The number of hydrogen-bond acceptors (Lipinski definition) is 4. The minimum absolute atomic E-state index is 0.0120. The first-order valence-corrected chi connectivity index (χ1v) is 8.41. The van der Waals surface area contributed by atoms with Gasteiger partial charge in [-0.1, -0.05) is 6.07 Å². The highest BCUT2D eigenvalue weighted by atomic mass is 32.2. The van der Waals surface area contributed by atoms with Crippen molar-refractivity contribution in [3.8, 4) is 0 Å². The fourth-order valence-electron chi connectivity index (χ4n) is 2.56. The topological polar surface area (TPSA) is 103 Å². The van der Waals surface area contributed by atoms with E-state index in [1.54, 1.807) is 26.0 Å². The number of aryl methyl sites for hydroxylation is 4. The first-order valence-electron chi connectivity index (χ1n) is 6.97. The normalized spacial score (nSPS) is 11.5. The molecule has 7 nitrogen and oxygen atoms in total. The maximum absolute atomic E-state index is 13.0. The van der Waals surface area contributed by atoms with Crippen LogP contribution in [0, 0.1) is 27.7 Å². The molecule has 124 valence electrons. The van der Waals surface area contributed by atoms with Crippen molar-refractivity contribution in [3.05, 3.63) is 40.7 Å². The third-order valence-corrected chi connectivity index (χ3v) is 5.42. The molecule has 0 saturated carbocycles. The van der Waals surface area contributed by atoms with E-state index in [0.717, 1.165) is 15.4 Å². The van der Waals surface area contributed by atoms with Crippen molar-refractivity contribution in [2.45, 2.75) is 32.6 Å². The van der Waals surface area contributed by atoms with Crippen LogP contribution in [0.3, 0.4) is 0 Å². The molecule has 0 aliphatic rings. The number of rotatable bonds is 5. The highest BCUT2D eigenvalue weighted by Crippen LogP contribution is 2.28. The first kappa shape index (κ1) is 17.0. The summed E-state index contributed by atoms with van der Waals surface area (Å²) in [6.07, 6.45) is 0. The number of carboxylic acids is 1. The van der Waals surface area contributed by atoms with Crippen LogP contribution < -0.4 is 4.31 Å². The summed E-state index contributed by atoms with van der Waals surface area (Å²) >= 11 is 0. The minimum Gasteiger partial charge on any atom is -0.480 e. The van der Waals surface area contributed by atoms with Crippen LogP contribution >= 0.6 is 0 Å². The fourth-order valence-corrected chi connectivity index (χ4v) is 4.30. The average molecular weight is 337 g/mol. The number of carbonyl (C=O) groups is 1. The molecule has 2 rings (SSSR count). The number of aromatic nitrogens is 2. The van der Waals surface area contributed by atoms with Gasteiger partial charge >= 0.3 is 5.97 Å². The Labute approximate surface area is 135 Å². The van der Waals surface area contributed by atoms with Crippen LogP contribution in [0.2, 0.25) is 0 Å². The molecule has 0 fully saturated rings. The van der Waals surface area contributed by atoms with Crippen molar-refractivity contribution in [1.29, 1.82) is 0 Å². The molecule has 0 aliphatic heterocycles. The van der Waals surface area contributed by atoms with E-state index in [-0.39, 0.29) is 4.90 Å². The van der Waals surface area contributed by atoms with E-state index in [4.69, 9.17) is 5.11 Å². The minimum atomic E-state index is -4.04. The van der Waals surface area contributed by atoms with Crippen LogP contribution in [0.15, 0.2) is 23.1 Å². The quantitative estimate of drug-likeness (QED) is 0.867. The Kier molecular flexibility index (Phi) is 4.46. The number of nitrogens with zero attached hydrogens (tertiary/aromatic N) is 2. The van der Waals surface area contributed by atoms with Gasteiger partial charge in [0.25, 0.3) is 10.0 Å². The zero-order valence-corrected chi connectivity index (χ0v) is 14.2. The number of nitrogens with one attached hydrogen (secondary N) is 1. The van der Waals surface area contributed by atoms with Crippen LogP contribution in [-0.2, 0) is 14.8 Å². The first-order chi connectivity index (χ1) is 10.6. The van der Waals surface area contributed by atoms with Gasteiger partial charge in [0.1, 0.15) is 11.4 Å². The Balaban J connectivity index is 2.65. The molecular weight excluding hydrogens is 318 g/mol. The van der Waals surface area contributed by atoms with Gasteiger partial charge in [0, 0.05) is 0 Å². The standard InChI is InChI=1S/C15H19N3O4S/c1-9-5-10(2)7-13(6-9)18(8-14(19)20)23(21,22)15-11(3)16-17-12(15)4/h5-7H,8H2,1-4H3,(H,16,17)(H,19,20). The number of H-pyrrole nitrogens is 1. The second-order valence-electron chi connectivity index (χ2n) is 5.51. The molecule has 8 heteroatoms. The van der Waals surface area contributed by atoms with Gasteiger partial charge in [-0.05, 0) is 51.0 Å². The number of benzene rings is 1. The molecule has 0 radical (unpaired) electrons. The Bertz CT molecular complexity index is 816. The number of anilines is 1. The Morgan fingerprint density at radius 1 is 1.17 bits per heavy atom. The summed E-state index contributed by atoms with van der Waals surface area (Å²) in [5, 5.41) is 15.7. The fraction of sp³-hybridized carbons (Fsp3) is 0.333. The molecule has 1 aromatic carbocycles. The number of aliphatic carboxylic acids is 1. The number of sulfonamides is 1. The van der Waals surface area contributed by atoms with Gasteiger partial charge in [-0.2, -0.15) is 5.10 Å². The summed E-state index contributed by atoms with van der Waals surface area (Å²) in [7, 11) is -4.04. The summed E-state index contributed by atoms with van der Waals surface area (Å²) in [4.78, 5) is 11.2. The summed E-state index contributed by atoms with van der Waals surface area (Å²) in [6, 6.07) is 5.19. The van der Waals surface area contributed by atoms with E-state index in [1.807, 2.05) is 19.9 Å². The van der Waals surface area contributed by atoms with Crippen LogP contribution in [0.1, 0.15) is 22.5 Å². The molecule has 0 aliphatic carbocycles. The Morgan fingerprint density at radius 2 is 1.74 bits per heavy atom. The molecule has 0 bridgehead atoms. The lowest BCUT2D eigenvalue weighted by Gasteiger charge is -2.23. The molecular formula is C15H19N3O4S. The SMILES string of the molecule is Cc1cc(C)cc(N(CC(=O)O)S(=O)(=O)c2c(C)n[nH]c2C)c1. The van der Waals surface area contributed by atoms with Gasteiger partial charge in [0.15, 0.2) is 0 Å². The van der Waals surface area contributed by atoms with Gasteiger partial charge in [0.2, 0.25) is 0 Å². The van der Waals surface area contributed by atoms with Crippen molar-refractivity contribution in [3.63, 3.8) is 0 Å². The average Bonchev–Trinajstić information content (AvgIpc) is 2.74. The van der Waals surface area contributed by atoms with Crippen LogP contribution in [-0.4, -0.2) is 36.2 Å². The predicted octanol–water partition coefficient (Wildman–Crippen LogP) is 1.92. The van der Waals surface area contributed by atoms with Gasteiger partial charge in [0.05, 0.1) is 17.1 Å². The Morgan fingerprint density at radius 3 is 2.17 bits per heavy atom. The van der Waals surface area contributed by atoms with Crippen molar-refractivity contribution in [1.82, 2.24) is 10.2 Å². The van der Waals surface area contributed by atoms with E-state index in [9.17, 15) is 13.2 Å². The summed E-state index contributed by atoms with van der Waals surface area (Å²) in [6.45, 7) is 6.16. The van der Waals surface area contributed by atoms with E-state index < -0.39 is 22.5 Å². The maximum atomic E-state index is 13.0. The monoisotopic (exact) mass is 337 g/mol. The summed E-state index contributed by atoms with van der Waals surface area (Å²) in [5.41, 5.74) is 2.71. The highest BCUT2D eigenvalue weighted by molar-refractivity contribution is 7.93. The molecule has 0 atom stereocenters. The molecule has 0 spiro atoms. The van der Waals surface area contributed by atoms with Gasteiger partial charge < -0.3 is 5.11 Å². The Hall–Kier alpha value is -2.35. The van der Waals surface area contributed by atoms with E-state index in [1.165, 1.54) is 0 Å². The molecule has 2 aromatic rings. The van der Waals surface area contributed by atoms with Gasteiger partial charge in [-0.3, -0.25) is 14.2 Å². The number of aromatic amines is 1. The molecule has 0 unspecified atom stereocenters. The highest BCUT2D eigenvalue weighted by Gasteiger charge is 2.31. The second-order valence-corrected chi connectivity index (χ2v) is 7.31. The lowest BCUT2D eigenvalue weighted by atomic mass is 10.1. The lowest BCUT2D eigenvalue weighted by Crippen LogP contribution is -2.36. The van der Waals surface area contributed by atoms with Crippen molar-refractivity contribution < 1.29 is 18.3 Å². The third-order valence-electron chi connectivity index (χ3n) is 3.38. The summed E-state index contributed by atoms with van der Waals surface area (Å²) in [5.74, 6) is -1.23. The van der Waals surface area contributed by atoms with Crippen LogP contribution in [0.25, 0.3) is 0 Å². The molecule has 23 heavy (non-hydrogen) atoms. The van der Waals surface area contributed by atoms with Crippen molar-refractivity contribution in [2.75, 3.05) is 10.8 Å². The molecule has 1 heterocycles. The van der Waals surface area contributed by atoms with Crippen LogP contribution in [0.4, 0.5) is 5.69 Å². The summed E-state index contributed by atoms with van der Waals surface area (Å²) < 4.78 is 26.9. The van der Waals surface area contributed by atoms with Crippen LogP contribution in [0.5, 0.6) is 0 Å². The molecule has 1 aromatic heterocycles. The molecule has 2 N–H and O–H groups in total. The van der Waals surface area contributed by atoms with Gasteiger partial charge in [-0.25, -0.2) is 8.42 Å². The largest absolute Gasteiger partial charge is 0.480 e.